The van der Waals surface area contributed by atoms with E-state index in [1.807, 2.05) is 13.8 Å². The first-order chi connectivity index (χ1) is 8.61. The van der Waals surface area contributed by atoms with Crippen molar-refractivity contribution in [1.29, 1.82) is 0 Å². The highest BCUT2D eigenvalue weighted by Gasteiger charge is 2.27. The molecule has 0 aliphatic heterocycles. The van der Waals surface area contributed by atoms with Gasteiger partial charge in [-0.15, -0.1) is 12.4 Å². The van der Waals surface area contributed by atoms with Crippen LogP contribution < -0.4 is 11.1 Å². The van der Waals surface area contributed by atoms with Crippen LogP contribution in [0.5, 0.6) is 0 Å². The van der Waals surface area contributed by atoms with Gasteiger partial charge in [-0.3, -0.25) is 4.79 Å². The lowest BCUT2D eigenvalue weighted by atomic mass is 10.0. The average Bonchev–Trinajstić information content (AvgIpc) is 2.90. The Morgan fingerprint density at radius 2 is 2.21 bits per heavy atom. The summed E-state index contributed by atoms with van der Waals surface area (Å²) in [5.74, 6) is 1.19. The van der Waals surface area contributed by atoms with Crippen LogP contribution in [0.4, 0.5) is 0 Å². The van der Waals surface area contributed by atoms with E-state index in [1.165, 1.54) is 0 Å². The maximum Gasteiger partial charge on any atom is 0.224 e. The maximum atomic E-state index is 12.0. The SMILES string of the molecule is Cc1noc(C)c1CC(=O)NC1CCCC1CN.Cl. The van der Waals surface area contributed by atoms with Gasteiger partial charge in [-0.1, -0.05) is 11.6 Å². The van der Waals surface area contributed by atoms with Crippen LogP contribution in [0.3, 0.4) is 0 Å². The van der Waals surface area contributed by atoms with Crippen molar-refractivity contribution in [2.75, 3.05) is 6.54 Å². The lowest BCUT2D eigenvalue weighted by molar-refractivity contribution is -0.121. The van der Waals surface area contributed by atoms with Gasteiger partial charge in [0.25, 0.3) is 0 Å². The van der Waals surface area contributed by atoms with E-state index in [4.69, 9.17) is 10.3 Å². The van der Waals surface area contributed by atoms with Crippen molar-refractivity contribution in [3.8, 4) is 0 Å². The predicted octanol–water partition coefficient (Wildman–Crippen LogP) is 1.50. The summed E-state index contributed by atoms with van der Waals surface area (Å²) in [4.78, 5) is 12.0. The van der Waals surface area contributed by atoms with Crippen molar-refractivity contribution >= 4 is 18.3 Å². The van der Waals surface area contributed by atoms with Crippen molar-refractivity contribution in [2.45, 2.75) is 45.6 Å². The summed E-state index contributed by atoms with van der Waals surface area (Å²) < 4.78 is 5.06. The van der Waals surface area contributed by atoms with Crippen molar-refractivity contribution < 1.29 is 9.32 Å². The summed E-state index contributed by atoms with van der Waals surface area (Å²) in [5.41, 5.74) is 7.40. The molecule has 3 N–H and O–H groups in total. The quantitative estimate of drug-likeness (QED) is 0.879. The average molecular weight is 288 g/mol. The fraction of sp³-hybridized carbons (Fsp3) is 0.692. The van der Waals surface area contributed by atoms with Crippen LogP contribution in [-0.2, 0) is 11.2 Å². The number of carbonyl (C=O) groups is 1. The van der Waals surface area contributed by atoms with Crippen LogP contribution in [0.2, 0.25) is 0 Å². The second-order valence-corrected chi connectivity index (χ2v) is 5.08. The van der Waals surface area contributed by atoms with E-state index in [9.17, 15) is 4.79 Å². The van der Waals surface area contributed by atoms with Gasteiger partial charge in [0.2, 0.25) is 5.91 Å². The molecule has 0 radical (unpaired) electrons. The van der Waals surface area contributed by atoms with Gasteiger partial charge in [-0.05, 0) is 39.2 Å². The van der Waals surface area contributed by atoms with Gasteiger partial charge in [0.05, 0.1) is 12.1 Å². The normalized spacial score (nSPS) is 22.1. The zero-order valence-electron chi connectivity index (χ0n) is 11.4. The predicted molar refractivity (Wildman–Crippen MR) is 75.3 cm³/mol. The molecule has 1 aromatic heterocycles. The fourth-order valence-corrected chi connectivity index (χ4v) is 2.68. The highest BCUT2D eigenvalue weighted by Crippen LogP contribution is 2.24. The van der Waals surface area contributed by atoms with E-state index in [-0.39, 0.29) is 24.4 Å². The van der Waals surface area contributed by atoms with E-state index in [2.05, 4.69) is 10.5 Å². The first-order valence-electron chi connectivity index (χ1n) is 6.53. The molecule has 5 nitrogen and oxygen atoms in total. The number of nitrogens with one attached hydrogen (secondary N) is 1. The van der Waals surface area contributed by atoms with Crippen LogP contribution in [-0.4, -0.2) is 23.7 Å². The third-order valence-corrected chi connectivity index (χ3v) is 3.83. The van der Waals surface area contributed by atoms with Gasteiger partial charge in [-0.25, -0.2) is 0 Å². The number of hydrogen-bond donors (Lipinski definition) is 2. The van der Waals surface area contributed by atoms with Gasteiger partial charge >= 0.3 is 0 Å². The molecule has 2 rings (SSSR count). The Morgan fingerprint density at radius 3 is 2.79 bits per heavy atom. The number of halogens is 1. The summed E-state index contributed by atoms with van der Waals surface area (Å²) in [6.45, 7) is 4.34. The van der Waals surface area contributed by atoms with Crippen LogP contribution in [0.15, 0.2) is 4.52 Å². The van der Waals surface area contributed by atoms with Crippen molar-refractivity contribution in [3.05, 3.63) is 17.0 Å². The summed E-state index contributed by atoms with van der Waals surface area (Å²) >= 11 is 0. The second-order valence-electron chi connectivity index (χ2n) is 5.08. The van der Waals surface area contributed by atoms with Crippen molar-refractivity contribution in [1.82, 2.24) is 10.5 Å². The molecule has 1 fully saturated rings. The zero-order valence-corrected chi connectivity index (χ0v) is 12.3. The van der Waals surface area contributed by atoms with Crippen LogP contribution in [0.25, 0.3) is 0 Å². The van der Waals surface area contributed by atoms with Gasteiger partial charge < -0.3 is 15.6 Å². The Kier molecular flexibility index (Phi) is 5.82. The lowest BCUT2D eigenvalue weighted by Gasteiger charge is -2.19. The minimum Gasteiger partial charge on any atom is -0.361 e. The van der Waals surface area contributed by atoms with E-state index in [1.54, 1.807) is 0 Å². The molecule has 1 amide bonds. The number of aromatic nitrogens is 1. The number of nitrogens with zero attached hydrogens (tertiary/aromatic N) is 1. The monoisotopic (exact) mass is 287 g/mol. The van der Waals surface area contributed by atoms with E-state index in [0.717, 1.165) is 36.3 Å². The van der Waals surface area contributed by atoms with Crippen molar-refractivity contribution in [3.63, 3.8) is 0 Å². The Morgan fingerprint density at radius 1 is 1.47 bits per heavy atom. The van der Waals surface area contributed by atoms with Gasteiger partial charge in [0, 0.05) is 11.6 Å². The first kappa shape index (κ1) is 16.0. The highest BCUT2D eigenvalue weighted by atomic mass is 35.5. The van der Waals surface area contributed by atoms with E-state index in [0.29, 0.717) is 18.9 Å². The van der Waals surface area contributed by atoms with Crippen LogP contribution in [0, 0.1) is 19.8 Å². The molecule has 1 heterocycles. The number of aryl methyl sites for hydroxylation is 2. The van der Waals surface area contributed by atoms with Gasteiger partial charge in [-0.2, -0.15) is 0 Å². The molecule has 2 atom stereocenters. The topological polar surface area (TPSA) is 81.2 Å². The number of carbonyl (C=O) groups excluding carboxylic acids is 1. The number of amides is 1. The van der Waals surface area contributed by atoms with Gasteiger partial charge in [0.1, 0.15) is 5.76 Å². The lowest BCUT2D eigenvalue weighted by Crippen LogP contribution is -2.40. The zero-order chi connectivity index (χ0) is 13.1. The third-order valence-electron chi connectivity index (χ3n) is 3.83. The molecule has 1 saturated carbocycles. The van der Waals surface area contributed by atoms with E-state index >= 15 is 0 Å². The summed E-state index contributed by atoms with van der Waals surface area (Å²) in [6, 6.07) is 0.239. The summed E-state index contributed by atoms with van der Waals surface area (Å²) in [7, 11) is 0. The number of nitrogens with two attached hydrogens (primary N) is 1. The van der Waals surface area contributed by atoms with Crippen LogP contribution in [0.1, 0.15) is 36.3 Å². The molecule has 0 aromatic carbocycles. The first-order valence-corrected chi connectivity index (χ1v) is 6.53. The fourth-order valence-electron chi connectivity index (χ4n) is 2.68. The third kappa shape index (κ3) is 3.70. The molecule has 2 unspecified atom stereocenters. The Bertz CT molecular complexity index is 414. The molecule has 1 aliphatic rings. The standard InChI is InChI=1S/C13H21N3O2.ClH/c1-8-11(9(2)18-16-8)6-13(17)15-12-5-3-4-10(12)7-14;/h10,12H,3-7,14H2,1-2H3,(H,15,17);1H. The Hall–Kier alpha value is -1.07. The molecular weight excluding hydrogens is 266 g/mol. The molecule has 0 saturated heterocycles. The number of hydrogen-bond acceptors (Lipinski definition) is 4. The Balaban J connectivity index is 0.00000180. The number of rotatable bonds is 4. The molecule has 0 bridgehead atoms. The largest absolute Gasteiger partial charge is 0.361 e. The summed E-state index contributed by atoms with van der Waals surface area (Å²) in [5, 5.41) is 6.94. The second kappa shape index (κ2) is 6.91. The minimum absolute atomic E-state index is 0. The molecule has 6 heteroatoms. The minimum atomic E-state index is 0. The molecule has 108 valence electrons. The molecule has 19 heavy (non-hydrogen) atoms. The smallest absolute Gasteiger partial charge is 0.224 e. The molecule has 1 aliphatic carbocycles. The van der Waals surface area contributed by atoms with Crippen molar-refractivity contribution in [2.24, 2.45) is 11.7 Å². The Labute approximate surface area is 119 Å². The molecule has 1 aromatic rings. The summed E-state index contributed by atoms with van der Waals surface area (Å²) in [6.07, 6.45) is 3.65. The maximum absolute atomic E-state index is 12.0. The molecular formula is C13H22ClN3O2. The molecule has 0 spiro atoms. The van der Waals surface area contributed by atoms with Gasteiger partial charge in [0.15, 0.2) is 0 Å². The highest BCUT2D eigenvalue weighted by molar-refractivity contribution is 5.85. The van der Waals surface area contributed by atoms with E-state index < -0.39 is 0 Å². The van der Waals surface area contributed by atoms with Crippen LogP contribution >= 0.6 is 12.4 Å².